The molecule has 3 aromatic rings. The summed E-state index contributed by atoms with van der Waals surface area (Å²) in [6.45, 7) is 5.93. The molecule has 0 saturated heterocycles. The quantitative estimate of drug-likeness (QED) is 0.747. The topological polar surface area (TPSA) is 80.7 Å². The number of hydrogen-bond acceptors (Lipinski definition) is 4. The molecule has 0 fully saturated rings. The van der Waals surface area contributed by atoms with E-state index in [2.05, 4.69) is 15.2 Å². The van der Waals surface area contributed by atoms with Crippen LogP contribution in [0.4, 0.5) is 5.82 Å². The zero-order valence-electron chi connectivity index (χ0n) is 11.7. The summed E-state index contributed by atoms with van der Waals surface area (Å²) in [5.41, 5.74) is 10.8. The summed E-state index contributed by atoms with van der Waals surface area (Å²) >= 11 is 0. The largest absolute Gasteiger partial charge is 0.466 e. The fourth-order valence-electron chi connectivity index (χ4n) is 2.50. The van der Waals surface area contributed by atoms with Gasteiger partial charge >= 0.3 is 0 Å². The molecular formula is C15H16N4O. The van der Waals surface area contributed by atoms with Crippen molar-refractivity contribution in [2.75, 3.05) is 5.73 Å². The highest BCUT2D eigenvalue weighted by molar-refractivity contribution is 5.89. The maximum Gasteiger partial charge on any atom is 0.153 e. The normalized spacial score (nSPS) is 10.9. The van der Waals surface area contributed by atoms with Crippen molar-refractivity contribution in [1.82, 2.24) is 15.2 Å². The van der Waals surface area contributed by atoms with Gasteiger partial charge in [0.1, 0.15) is 11.5 Å². The molecule has 0 atom stereocenters. The van der Waals surface area contributed by atoms with E-state index in [0.717, 1.165) is 39.5 Å². The summed E-state index contributed by atoms with van der Waals surface area (Å²) < 4.78 is 5.70. The Morgan fingerprint density at radius 3 is 2.55 bits per heavy atom. The van der Waals surface area contributed by atoms with Crippen LogP contribution in [-0.2, 0) is 0 Å². The molecule has 5 nitrogen and oxygen atoms in total. The van der Waals surface area contributed by atoms with Crippen molar-refractivity contribution in [2.24, 2.45) is 0 Å². The van der Waals surface area contributed by atoms with Crippen LogP contribution < -0.4 is 5.73 Å². The number of aryl methyl sites for hydroxylation is 2. The number of H-pyrrole nitrogens is 1. The number of rotatable bonds is 2. The highest BCUT2D eigenvalue weighted by atomic mass is 16.3. The number of nitrogens with one attached hydrogen (secondary N) is 1. The molecule has 3 N–H and O–H groups in total. The SMILES string of the molecule is Cc1oc(C)c(-c2[nH]nc(N)c2-c2cccnc2)c1C. The first-order valence-electron chi connectivity index (χ1n) is 6.40. The highest BCUT2D eigenvalue weighted by Gasteiger charge is 2.21. The van der Waals surface area contributed by atoms with Gasteiger partial charge < -0.3 is 10.2 Å². The van der Waals surface area contributed by atoms with Gasteiger partial charge in [-0.15, -0.1) is 0 Å². The molecule has 0 aliphatic heterocycles. The van der Waals surface area contributed by atoms with Gasteiger partial charge in [-0.05, 0) is 32.4 Å². The minimum absolute atomic E-state index is 0.464. The summed E-state index contributed by atoms with van der Waals surface area (Å²) in [4.78, 5) is 4.15. The lowest BCUT2D eigenvalue weighted by atomic mass is 9.99. The number of nitrogens with zero attached hydrogens (tertiary/aromatic N) is 2. The van der Waals surface area contributed by atoms with Gasteiger partial charge in [-0.3, -0.25) is 10.1 Å². The third-order valence-electron chi connectivity index (χ3n) is 3.56. The van der Waals surface area contributed by atoms with Crippen LogP contribution in [0, 0.1) is 20.8 Å². The summed E-state index contributed by atoms with van der Waals surface area (Å²) in [7, 11) is 0. The van der Waals surface area contributed by atoms with Gasteiger partial charge in [-0.2, -0.15) is 5.10 Å². The monoisotopic (exact) mass is 268 g/mol. The Morgan fingerprint density at radius 2 is 1.95 bits per heavy atom. The lowest BCUT2D eigenvalue weighted by Crippen LogP contribution is -1.90. The summed E-state index contributed by atoms with van der Waals surface area (Å²) in [6.07, 6.45) is 3.51. The van der Waals surface area contributed by atoms with Crippen molar-refractivity contribution in [3.8, 4) is 22.4 Å². The zero-order valence-corrected chi connectivity index (χ0v) is 11.7. The number of furan rings is 1. The second-order valence-corrected chi connectivity index (χ2v) is 4.81. The van der Waals surface area contributed by atoms with Crippen LogP contribution in [0.3, 0.4) is 0 Å². The predicted octanol–water partition coefficient (Wildman–Crippen LogP) is 3.24. The first-order valence-corrected chi connectivity index (χ1v) is 6.40. The molecule has 102 valence electrons. The van der Waals surface area contributed by atoms with Crippen molar-refractivity contribution in [3.05, 3.63) is 41.6 Å². The molecule has 0 amide bonds. The van der Waals surface area contributed by atoms with Gasteiger partial charge in [0.25, 0.3) is 0 Å². The Hall–Kier alpha value is -2.56. The maximum atomic E-state index is 6.02. The van der Waals surface area contributed by atoms with E-state index in [-0.39, 0.29) is 0 Å². The van der Waals surface area contributed by atoms with Crippen LogP contribution in [0.2, 0.25) is 0 Å². The Balaban J connectivity index is 2.27. The van der Waals surface area contributed by atoms with Crippen molar-refractivity contribution < 1.29 is 4.42 Å². The van der Waals surface area contributed by atoms with E-state index >= 15 is 0 Å². The van der Waals surface area contributed by atoms with Gasteiger partial charge in [-0.25, -0.2) is 0 Å². The minimum atomic E-state index is 0.464. The lowest BCUT2D eigenvalue weighted by Gasteiger charge is -2.04. The van der Waals surface area contributed by atoms with Crippen molar-refractivity contribution in [3.63, 3.8) is 0 Å². The van der Waals surface area contributed by atoms with Crippen molar-refractivity contribution in [2.45, 2.75) is 20.8 Å². The maximum absolute atomic E-state index is 6.02. The van der Waals surface area contributed by atoms with Crippen LogP contribution in [0.1, 0.15) is 17.1 Å². The number of aromatic nitrogens is 3. The summed E-state index contributed by atoms with van der Waals surface area (Å²) in [6, 6.07) is 3.85. The average molecular weight is 268 g/mol. The Labute approximate surface area is 116 Å². The van der Waals surface area contributed by atoms with Crippen molar-refractivity contribution in [1.29, 1.82) is 0 Å². The molecule has 20 heavy (non-hydrogen) atoms. The fourth-order valence-corrected chi connectivity index (χ4v) is 2.50. The second kappa shape index (κ2) is 4.52. The Morgan fingerprint density at radius 1 is 1.15 bits per heavy atom. The molecule has 0 saturated carbocycles. The molecule has 0 spiro atoms. The second-order valence-electron chi connectivity index (χ2n) is 4.81. The fraction of sp³-hybridized carbons (Fsp3) is 0.200. The number of nitrogen functional groups attached to an aromatic ring is 1. The molecule has 3 heterocycles. The van der Waals surface area contributed by atoms with Crippen LogP contribution in [-0.4, -0.2) is 15.2 Å². The molecule has 0 bridgehead atoms. The van der Waals surface area contributed by atoms with Gasteiger partial charge in [0.15, 0.2) is 5.82 Å². The molecule has 0 aromatic carbocycles. The van der Waals surface area contributed by atoms with E-state index in [1.54, 1.807) is 12.4 Å². The van der Waals surface area contributed by atoms with E-state index in [1.165, 1.54) is 0 Å². The van der Waals surface area contributed by atoms with Gasteiger partial charge in [0.2, 0.25) is 0 Å². The lowest BCUT2D eigenvalue weighted by molar-refractivity contribution is 0.503. The van der Waals surface area contributed by atoms with E-state index in [9.17, 15) is 0 Å². The molecule has 3 rings (SSSR count). The molecule has 3 aromatic heterocycles. The average Bonchev–Trinajstić information content (AvgIpc) is 2.92. The Bertz CT molecular complexity index is 756. The number of anilines is 1. The van der Waals surface area contributed by atoms with Crippen LogP contribution in [0.15, 0.2) is 28.9 Å². The van der Waals surface area contributed by atoms with E-state index in [1.807, 2.05) is 32.9 Å². The highest BCUT2D eigenvalue weighted by Crippen LogP contribution is 2.39. The van der Waals surface area contributed by atoms with Crippen LogP contribution in [0.5, 0.6) is 0 Å². The molecule has 0 aliphatic carbocycles. The van der Waals surface area contributed by atoms with E-state index in [0.29, 0.717) is 5.82 Å². The van der Waals surface area contributed by atoms with E-state index in [4.69, 9.17) is 10.2 Å². The molecule has 5 heteroatoms. The van der Waals surface area contributed by atoms with Crippen molar-refractivity contribution >= 4 is 5.82 Å². The molecule has 0 unspecified atom stereocenters. The number of pyridine rings is 1. The third-order valence-corrected chi connectivity index (χ3v) is 3.56. The molecular weight excluding hydrogens is 252 g/mol. The summed E-state index contributed by atoms with van der Waals surface area (Å²) in [5.74, 6) is 2.22. The van der Waals surface area contributed by atoms with Gasteiger partial charge in [0, 0.05) is 23.5 Å². The summed E-state index contributed by atoms with van der Waals surface area (Å²) in [5, 5.41) is 7.17. The first kappa shape index (κ1) is 12.5. The molecule has 0 aliphatic rings. The number of aromatic amines is 1. The third kappa shape index (κ3) is 1.79. The van der Waals surface area contributed by atoms with Crippen LogP contribution in [0.25, 0.3) is 22.4 Å². The smallest absolute Gasteiger partial charge is 0.153 e. The first-order chi connectivity index (χ1) is 9.59. The zero-order chi connectivity index (χ0) is 14.3. The predicted molar refractivity (Wildman–Crippen MR) is 78.1 cm³/mol. The Kier molecular flexibility index (Phi) is 2.82. The number of hydrogen-bond donors (Lipinski definition) is 2. The van der Waals surface area contributed by atoms with Crippen LogP contribution >= 0.6 is 0 Å². The molecule has 0 radical (unpaired) electrons. The van der Waals surface area contributed by atoms with E-state index < -0.39 is 0 Å². The number of nitrogens with two attached hydrogens (primary N) is 1. The minimum Gasteiger partial charge on any atom is -0.466 e. The van der Waals surface area contributed by atoms with Gasteiger partial charge in [-0.1, -0.05) is 6.07 Å². The van der Waals surface area contributed by atoms with Gasteiger partial charge in [0.05, 0.1) is 11.3 Å². The standard InChI is InChI=1S/C15H16N4O/c1-8-9(2)20-10(3)12(8)14-13(15(16)19-18-14)11-5-4-6-17-7-11/h4-7H,1-3H3,(H3,16,18,19).